The molecule has 0 saturated heterocycles. The second-order valence-electron chi connectivity index (χ2n) is 11.1. The monoisotopic (exact) mass is 448 g/mol. The number of aryl methyl sites for hydroxylation is 1. The van der Waals surface area contributed by atoms with Gasteiger partial charge in [0.2, 0.25) is 0 Å². The van der Waals surface area contributed by atoms with Crippen molar-refractivity contribution in [3.63, 3.8) is 0 Å². The van der Waals surface area contributed by atoms with Gasteiger partial charge in [0, 0.05) is 17.9 Å². The minimum atomic E-state index is -0.705. The van der Waals surface area contributed by atoms with E-state index in [2.05, 4.69) is 0 Å². The van der Waals surface area contributed by atoms with Crippen molar-refractivity contribution in [2.45, 2.75) is 83.3 Å². The average molecular weight is 449 g/mol. The van der Waals surface area contributed by atoms with E-state index >= 15 is 0 Å². The fourth-order valence-electron chi connectivity index (χ4n) is 7.44. The number of carbonyl (C=O) groups excluding carboxylic acids is 2. The smallest absolute Gasteiger partial charge is 0.306 e. The highest BCUT2D eigenvalue weighted by molar-refractivity contribution is 5.90. The van der Waals surface area contributed by atoms with Crippen LogP contribution in [-0.4, -0.2) is 27.4 Å². The topological polar surface area (TPSA) is 78.3 Å². The number of aromatic nitrogens is 2. The lowest BCUT2D eigenvalue weighted by atomic mass is 9.48. The van der Waals surface area contributed by atoms with E-state index in [4.69, 9.17) is 9.72 Å². The number of hydrogen-bond acceptors (Lipinski definition) is 5. The fourth-order valence-corrected chi connectivity index (χ4v) is 7.44. The van der Waals surface area contributed by atoms with Crippen molar-refractivity contribution in [3.8, 4) is 0 Å². The normalized spacial score (nSPS) is 31.0. The Morgan fingerprint density at radius 2 is 1.73 bits per heavy atom. The number of Topliss-reactive ketones (excluding diaryl/α,β-unsaturated/α-hetero) is 1. The highest BCUT2D eigenvalue weighted by Crippen LogP contribution is 2.60. The molecular formula is C27H32N2O4. The van der Waals surface area contributed by atoms with Gasteiger partial charge in [-0.2, -0.15) is 0 Å². The zero-order valence-corrected chi connectivity index (χ0v) is 19.3. The molecule has 4 bridgehead atoms. The van der Waals surface area contributed by atoms with Crippen molar-refractivity contribution in [1.82, 2.24) is 9.55 Å². The quantitative estimate of drug-likeness (QED) is 0.588. The molecule has 5 aliphatic rings. The van der Waals surface area contributed by atoms with E-state index in [9.17, 15) is 14.4 Å². The lowest BCUT2D eigenvalue weighted by Crippen LogP contribution is -2.52. The first-order chi connectivity index (χ1) is 15.9. The van der Waals surface area contributed by atoms with Crippen LogP contribution in [0.5, 0.6) is 0 Å². The Morgan fingerprint density at radius 3 is 2.36 bits per heavy atom. The first-order valence-corrected chi connectivity index (χ1v) is 12.7. The van der Waals surface area contributed by atoms with Crippen LogP contribution < -0.4 is 5.56 Å². The van der Waals surface area contributed by atoms with Gasteiger partial charge in [-0.05, 0) is 88.2 Å². The zero-order valence-electron chi connectivity index (χ0n) is 19.3. The van der Waals surface area contributed by atoms with Crippen LogP contribution in [0.1, 0.15) is 76.6 Å². The van der Waals surface area contributed by atoms with Gasteiger partial charge in [-0.25, -0.2) is 4.98 Å². The summed E-state index contributed by atoms with van der Waals surface area (Å²) in [5.41, 5.74) is 0.366. The summed E-state index contributed by atoms with van der Waals surface area (Å²) in [4.78, 5) is 43.8. The van der Waals surface area contributed by atoms with Gasteiger partial charge >= 0.3 is 5.97 Å². The Labute approximate surface area is 193 Å². The number of benzene rings is 1. The maximum absolute atomic E-state index is 13.4. The summed E-state index contributed by atoms with van der Waals surface area (Å²) < 4.78 is 7.42. The number of esters is 1. The molecule has 0 aliphatic heterocycles. The predicted molar refractivity (Wildman–Crippen MR) is 124 cm³/mol. The maximum atomic E-state index is 13.4. The first-order valence-electron chi connectivity index (χ1n) is 12.7. The van der Waals surface area contributed by atoms with Crippen LogP contribution >= 0.6 is 0 Å². The number of hydrogen-bond donors (Lipinski definition) is 0. The van der Waals surface area contributed by atoms with Crippen molar-refractivity contribution >= 4 is 22.7 Å². The van der Waals surface area contributed by atoms with Gasteiger partial charge in [0.25, 0.3) is 5.56 Å². The van der Waals surface area contributed by atoms with Crippen LogP contribution in [0.4, 0.5) is 0 Å². The van der Waals surface area contributed by atoms with Crippen LogP contribution in [0.15, 0.2) is 29.1 Å². The summed E-state index contributed by atoms with van der Waals surface area (Å²) in [5.74, 6) is 2.43. The summed E-state index contributed by atoms with van der Waals surface area (Å²) >= 11 is 0. The second kappa shape index (κ2) is 7.78. The van der Waals surface area contributed by atoms with Gasteiger partial charge in [0.15, 0.2) is 11.9 Å². The molecule has 0 radical (unpaired) electrons. The first kappa shape index (κ1) is 21.1. The molecule has 5 aliphatic carbocycles. The summed E-state index contributed by atoms with van der Waals surface area (Å²) in [5, 5.41) is 0.616. The largest absolute Gasteiger partial charge is 0.455 e. The molecule has 33 heavy (non-hydrogen) atoms. The summed E-state index contributed by atoms with van der Waals surface area (Å²) in [7, 11) is 0. The number of rotatable bonds is 7. The molecule has 174 valence electrons. The van der Waals surface area contributed by atoms with Gasteiger partial charge < -0.3 is 4.74 Å². The van der Waals surface area contributed by atoms with Gasteiger partial charge in [-0.1, -0.05) is 12.1 Å². The van der Waals surface area contributed by atoms with E-state index in [1.165, 1.54) is 19.3 Å². The number of carbonyl (C=O) groups is 2. The third kappa shape index (κ3) is 3.71. The van der Waals surface area contributed by atoms with E-state index in [1.807, 2.05) is 18.2 Å². The minimum Gasteiger partial charge on any atom is -0.455 e. The standard InChI is InChI=1S/C27H32N2O4/c1-16(25(31)27-13-17-10-18(14-27)12-19(11-17)15-27)33-24(30)9-8-23-28-22-5-3-2-4-21(22)26(32)29(23)20-6-7-20/h2-5,16-20H,6-15H2,1H3/t16-,17?,18?,19?,27?/m1/s1. The highest BCUT2D eigenvalue weighted by atomic mass is 16.5. The Balaban J connectivity index is 1.14. The van der Waals surface area contributed by atoms with Crippen LogP contribution in [-0.2, 0) is 20.7 Å². The van der Waals surface area contributed by atoms with Crippen molar-refractivity contribution in [1.29, 1.82) is 0 Å². The molecule has 0 unspecified atom stereocenters. The van der Waals surface area contributed by atoms with Crippen molar-refractivity contribution in [2.75, 3.05) is 0 Å². The average Bonchev–Trinajstić information content (AvgIpc) is 3.61. The maximum Gasteiger partial charge on any atom is 0.306 e. The molecule has 1 aromatic heterocycles. The van der Waals surface area contributed by atoms with E-state index in [0.29, 0.717) is 40.9 Å². The van der Waals surface area contributed by atoms with E-state index in [0.717, 1.165) is 32.1 Å². The van der Waals surface area contributed by atoms with E-state index in [1.54, 1.807) is 17.6 Å². The van der Waals surface area contributed by atoms with Gasteiger partial charge in [0.1, 0.15) is 5.82 Å². The van der Waals surface area contributed by atoms with E-state index in [-0.39, 0.29) is 35.2 Å². The molecule has 6 heteroatoms. The Bertz CT molecular complexity index is 1140. The lowest BCUT2D eigenvalue weighted by molar-refractivity contribution is -0.165. The lowest BCUT2D eigenvalue weighted by Gasteiger charge is -2.56. The van der Waals surface area contributed by atoms with E-state index < -0.39 is 6.10 Å². The van der Waals surface area contributed by atoms with Crippen LogP contribution in [0.25, 0.3) is 10.9 Å². The van der Waals surface area contributed by atoms with Crippen LogP contribution in [0.2, 0.25) is 0 Å². The van der Waals surface area contributed by atoms with Crippen LogP contribution in [0.3, 0.4) is 0 Å². The molecule has 0 spiro atoms. The third-order valence-corrected chi connectivity index (χ3v) is 8.58. The molecular weight excluding hydrogens is 416 g/mol. The number of ketones is 1. The number of nitrogens with zero attached hydrogens (tertiary/aromatic N) is 2. The summed E-state index contributed by atoms with van der Waals surface area (Å²) in [6, 6.07) is 7.53. The Kier molecular flexibility index (Phi) is 4.96. The molecule has 6 nitrogen and oxygen atoms in total. The number of ether oxygens (including phenoxy) is 1. The zero-order chi connectivity index (χ0) is 22.7. The SMILES string of the molecule is C[C@@H](OC(=O)CCc1nc2ccccc2c(=O)n1C1CC1)C(=O)C12CC3CC(CC(C3)C1)C2. The van der Waals surface area contributed by atoms with Crippen LogP contribution in [0, 0.1) is 23.2 Å². The molecule has 1 heterocycles. The molecule has 7 rings (SSSR count). The van der Waals surface area contributed by atoms with Crippen molar-refractivity contribution in [2.24, 2.45) is 23.2 Å². The molecule has 5 fully saturated rings. The predicted octanol–water partition coefficient (Wildman–Crippen LogP) is 4.38. The molecule has 1 atom stereocenters. The third-order valence-electron chi connectivity index (χ3n) is 8.58. The van der Waals surface area contributed by atoms with Crippen molar-refractivity contribution in [3.05, 3.63) is 40.4 Å². The number of para-hydroxylation sites is 1. The molecule has 0 amide bonds. The Morgan fingerprint density at radius 1 is 1.09 bits per heavy atom. The molecule has 0 N–H and O–H groups in total. The van der Waals surface area contributed by atoms with Crippen molar-refractivity contribution < 1.29 is 14.3 Å². The highest BCUT2D eigenvalue weighted by Gasteiger charge is 2.55. The minimum absolute atomic E-state index is 0.0307. The summed E-state index contributed by atoms with van der Waals surface area (Å²) in [6.07, 6.45) is 8.47. The summed E-state index contributed by atoms with van der Waals surface area (Å²) in [6.45, 7) is 1.74. The van der Waals surface area contributed by atoms with Gasteiger partial charge in [0.05, 0.1) is 17.3 Å². The van der Waals surface area contributed by atoms with Gasteiger partial charge in [-0.3, -0.25) is 19.0 Å². The molecule has 1 aromatic carbocycles. The van der Waals surface area contributed by atoms with Gasteiger partial charge in [-0.15, -0.1) is 0 Å². The Hall–Kier alpha value is -2.50. The molecule has 2 aromatic rings. The molecule has 5 saturated carbocycles. The fraction of sp³-hybridized carbons (Fsp3) is 0.630. The second-order valence-corrected chi connectivity index (χ2v) is 11.1. The number of fused-ring (bicyclic) bond motifs is 1.